The van der Waals surface area contributed by atoms with E-state index in [1.165, 1.54) is 12.1 Å². The van der Waals surface area contributed by atoms with Crippen molar-refractivity contribution in [3.63, 3.8) is 0 Å². The Morgan fingerprint density at radius 1 is 1.12 bits per heavy atom. The van der Waals surface area contributed by atoms with Crippen LogP contribution in [0.4, 0.5) is 15.5 Å². The number of amides is 3. The van der Waals surface area contributed by atoms with Crippen molar-refractivity contribution in [1.82, 2.24) is 0 Å². The van der Waals surface area contributed by atoms with E-state index in [9.17, 15) is 14.7 Å². The fourth-order valence-electron chi connectivity index (χ4n) is 2.36. The monoisotopic (exact) mass is 357 g/mol. The second-order valence-electron chi connectivity index (χ2n) is 5.16. The number of nitrogens with two attached hydrogens (primary N) is 1. The molecule has 0 unspecified atom stereocenters. The van der Waals surface area contributed by atoms with E-state index in [1.807, 2.05) is 0 Å². The number of carbonyl (C=O) groups excluding carboxylic acids is 2. The molecule has 0 saturated carbocycles. The zero-order valence-corrected chi connectivity index (χ0v) is 14.0. The first-order valence-electron chi connectivity index (χ1n) is 7.25. The van der Waals surface area contributed by atoms with E-state index in [0.29, 0.717) is 26.5 Å². The molecule has 7 nitrogen and oxygen atoms in total. The minimum absolute atomic E-state index is 0.0685. The minimum Gasteiger partial charge on any atom is -0.508 e. The van der Waals surface area contributed by atoms with E-state index in [1.54, 1.807) is 37.4 Å². The molecule has 8 heteroatoms. The standard InChI is InChI=1S/C17H15N3O4S/c1-24-11-5-2-9(3-6-11)19-17(23)20-16-14(15(18)22)12-7-4-10(21)8-13(12)25-16/h2-8,21H,1H3,(H2,18,22)(H2,19,20,23). The molecule has 25 heavy (non-hydrogen) atoms. The Kier molecular flexibility index (Phi) is 4.44. The highest BCUT2D eigenvalue weighted by atomic mass is 32.1. The van der Waals surface area contributed by atoms with Gasteiger partial charge in [-0.25, -0.2) is 4.79 Å². The molecule has 0 aliphatic heterocycles. The summed E-state index contributed by atoms with van der Waals surface area (Å²) in [4.78, 5) is 24.0. The van der Waals surface area contributed by atoms with Gasteiger partial charge in [-0.2, -0.15) is 0 Å². The maximum absolute atomic E-state index is 12.2. The van der Waals surface area contributed by atoms with Crippen LogP contribution < -0.4 is 21.1 Å². The van der Waals surface area contributed by atoms with Crippen LogP contribution in [0.1, 0.15) is 10.4 Å². The van der Waals surface area contributed by atoms with Crippen LogP contribution in [0.25, 0.3) is 10.1 Å². The van der Waals surface area contributed by atoms with Gasteiger partial charge < -0.3 is 20.9 Å². The van der Waals surface area contributed by atoms with Crippen molar-refractivity contribution in [2.24, 2.45) is 5.73 Å². The number of hydrogen-bond donors (Lipinski definition) is 4. The Morgan fingerprint density at radius 2 is 1.84 bits per heavy atom. The van der Waals surface area contributed by atoms with Gasteiger partial charge in [0.05, 0.1) is 12.7 Å². The number of hydrogen-bond acceptors (Lipinski definition) is 5. The third kappa shape index (κ3) is 3.48. The molecule has 0 aliphatic carbocycles. The number of phenolic OH excluding ortho intramolecular Hbond substituents is 1. The van der Waals surface area contributed by atoms with Gasteiger partial charge in [0, 0.05) is 15.8 Å². The van der Waals surface area contributed by atoms with Crippen molar-refractivity contribution in [3.8, 4) is 11.5 Å². The summed E-state index contributed by atoms with van der Waals surface area (Å²) in [5.41, 5.74) is 6.22. The molecule has 128 valence electrons. The van der Waals surface area contributed by atoms with E-state index in [-0.39, 0.29) is 11.3 Å². The fourth-order valence-corrected chi connectivity index (χ4v) is 3.49. The maximum Gasteiger partial charge on any atom is 0.324 e. The summed E-state index contributed by atoms with van der Waals surface area (Å²) in [5.74, 6) is 0.0852. The van der Waals surface area contributed by atoms with Crippen LogP contribution in [0.15, 0.2) is 42.5 Å². The molecule has 3 aromatic rings. The number of primary amides is 1. The third-order valence-corrected chi connectivity index (χ3v) is 4.56. The smallest absolute Gasteiger partial charge is 0.324 e. The molecule has 1 aromatic heterocycles. The predicted molar refractivity (Wildman–Crippen MR) is 97.6 cm³/mol. The predicted octanol–water partition coefficient (Wildman–Crippen LogP) is 3.36. The number of aromatic hydroxyl groups is 1. The molecular formula is C17H15N3O4S. The van der Waals surface area contributed by atoms with Gasteiger partial charge >= 0.3 is 6.03 Å². The Balaban J connectivity index is 1.84. The lowest BCUT2D eigenvalue weighted by atomic mass is 10.1. The highest BCUT2D eigenvalue weighted by Crippen LogP contribution is 2.37. The lowest BCUT2D eigenvalue weighted by Gasteiger charge is -2.08. The minimum atomic E-state index is -0.656. The number of rotatable bonds is 4. The SMILES string of the molecule is COc1ccc(NC(=O)Nc2sc3cc(O)ccc3c2C(N)=O)cc1. The summed E-state index contributed by atoms with van der Waals surface area (Å²) in [6, 6.07) is 10.9. The molecule has 0 bridgehead atoms. The van der Waals surface area contributed by atoms with Crippen molar-refractivity contribution >= 4 is 44.0 Å². The Labute approximate surface area is 147 Å². The van der Waals surface area contributed by atoms with Crippen LogP contribution in [0.5, 0.6) is 11.5 Å². The van der Waals surface area contributed by atoms with Crippen LogP contribution >= 0.6 is 11.3 Å². The third-order valence-electron chi connectivity index (χ3n) is 3.49. The molecule has 3 rings (SSSR count). The molecule has 5 N–H and O–H groups in total. The van der Waals surface area contributed by atoms with Crippen molar-refractivity contribution in [2.75, 3.05) is 17.7 Å². The number of fused-ring (bicyclic) bond motifs is 1. The lowest BCUT2D eigenvalue weighted by Crippen LogP contribution is -2.21. The Morgan fingerprint density at radius 3 is 2.48 bits per heavy atom. The quantitative estimate of drug-likeness (QED) is 0.573. The molecule has 0 radical (unpaired) electrons. The van der Waals surface area contributed by atoms with Gasteiger partial charge in [-0.05, 0) is 42.5 Å². The van der Waals surface area contributed by atoms with Gasteiger partial charge in [0.2, 0.25) is 0 Å². The summed E-state index contributed by atoms with van der Waals surface area (Å²) in [7, 11) is 1.56. The first kappa shape index (κ1) is 16.6. The van der Waals surface area contributed by atoms with Gasteiger partial charge in [0.15, 0.2) is 0 Å². The molecule has 2 aromatic carbocycles. The number of benzene rings is 2. The number of anilines is 2. The second kappa shape index (κ2) is 6.70. The summed E-state index contributed by atoms with van der Waals surface area (Å²) in [5, 5.41) is 15.8. The zero-order chi connectivity index (χ0) is 18.0. The first-order valence-corrected chi connectivity index (χ1v) is 8.07. The molecule has 0 spiro atoms. The van der Waals surface area contributed by atoms with Crippen molar-refractivity contribution in [3.05, 3.63) is 48.0 Å². The van der Waals surface area contributed by atoms with E-state index < -0.39 is 11.9 Å². The number of urea groups is 1. The number of nitrogens with one attached hydrogen (secondary N) is 2. The summed E-state index contributed by atoms with van der Waals surface area (Å²) in [6.07, 6.45) is 0. The average molecular weight is 357 g/mol. The molecule has 0 fully saturated rings. The van der Waals surface area contributed by atoms with Gasteiger partial charge in [0.25, 0.3) is 5.91 Å². The van der Waals surface area contributed by atoms with Crippen molar-refractivity contribution < 1.29 is 19.4 Å². The van der Waals surface area contributed by atoms with E-state index in [4.69, 9.17) is 10.5 Å². The maximum atomic E-state index is 12.2. The average Bonchev–Trinajstić information content (AvgIpc) is 2.92. The fraction of sp³-hybridized carbons (Fsp3) is 0.0588. The van der Waals surface area contributed by atoms with Crippen LogP contribution in [0.2, 0.25) is 0 Å². The molecule has 1 heterocycles. The van der Waals surface area contributed by atoms with E-state index >= 15 is 0 Å². The van der Waals surface area contributed by atoms with Gasteiger partial charge in [-0.1, -0.05) is 0 Å². The zero-order valence-electron chi connectivity index (χ0n) is 13.2. The van der Waals surface area contributed by atoms with Gasteiger partial charge in [-0.3, -0.25) is 10.1 Å². The van der Waals surface area contributed by atoms with E-state index in [2.05, 4.69) is 10.6 Å². The second-order valence-corrected chi connectivity index (χ2v) is 6.21. The van der Waals surface area contributed by atoms with Crippen LogP contribution in [-0.4, -0.2) is 24.2 Å². The topological polar surface area (TPSA) is 114 Å². The number of phenols is 1. The Hall–Kier alpha value is -3.26. The highest BCUT2D eigenvalue weighted by Gasteiger charge is 2.19. The summed E-state index contributed by atoms with van der Waals surface area (Å²) >= 11 is 1.16. The largest absolute Gasteiger partial charge is 0.508 e. The normalized spacial score (nSPS) is 10.4. The van der Waals surface area contributed by atoms with Gasteiger partial charge in [0.1, 0.15) is 16.5 Å². The first-order chi connectivity index (χ1) is 12.0. The lowest BCUT2D eigenvalue weighted by molar-refractivity contribution is 0.100. The number of carbonyl (C=O) groups is 2. The van der Waals surface area contributed by atoms with E-state index in [0.717, 1.165) is 11.3 Å². The summed E-state index contributed by atoms with van der Waals surface area (Å²) < 4.78 is 5.70. The number of thiophene rings is 1. The molecule has 0 aliphatic rings. The van der Waals surface area contributed by atoms with Gasteiger partial charge in [-0.15, -0.1) is 11.3 Å². The molecule has 0 saturated heterocycles. The van der Waals surface area contributed by atoms with Crippen LogP contribution in [0, 0.1) is 0 Å². The van der Waals surface area contributed by atoms with Crippen LogP contribution in [-0.2, 0) is 0 Å². The van der Waals surface area contributed by atoms with Crippen molar-refractivity contribution in [2.45, 2.75) is 0 Å². The number of methoxy groups -OCH3 is 1. The molecular weight excluding hydrogens is 342 g/mol. The molecule has 0 atom stereocenters. The highest BCUT2D eigenvalue weighted by molar-refractivity contribution is 7.23. The van der Waals surface area contributed by atoms with Crippen molar-refractivity contribution in [1.29, 1.82) is 0 Å². The number of ether oxygens (including phenoxy) is 1. The summed E-state index contributed by atoms with van der Waals surface area (Å²) in [6.45, 7) is 0. The Bertz CT molecular complexity index is 950. The molecule has 3 amide bonds. The van der Waals surface area contributed by atoms with Crippen LogP contribution in [0.3, 0.4) is 0 Å².